The van der Waals surface area contributed by atoms with Crippen LogP contribution in [0.5, 0.6) is 0 Å². The van der Waals surface area contributed by atoms with Crippen LogP contribution in [0.3, 0.4) is 0 Å². The largest absolute Gasteiger partial charge is 0.550 e. The van der Waals surface area contributed by atoms with Crippen molar-refractivity contribution in [3.63, 3.8) is 0 Å². The first kappa shape index (κ1) is 13.6. The molecule has 17 heavy (non-hydrogen) atoms. The first-order chi connectivity index (χ1) is 8.13. The van der Waals surface area contributed by atoms with Gasteiger partial charge in [-0.25, -0.2) is 4.98 Å². The number of carboxylic acid groups (broad SMARTS) is 1. The van der Waals surface area contributed by atoms with E-state index >= 15 is 0 Å². The van der Waals surface area contributed by atoms with Crippen molar-refractivity contribution in [2.24, 2.45) is 5.92 Å². The maximum Gasteiger partial charge on any atom is 0.226 e. The second-order valence-corrected chi connectivity index (χ2v) is 4.62. The highest BCUT2D eigenvalue weighted by Crippen LogP contribution is 2.15. The van der Waals surface area contributed by atoms with Gasteiger partial charge in [0.2, 0.25) is 5.91 Å². The quantitative estimate of drug-likeness (QED) is 0.788. The average Bonchev–Trinajstić information content (AvgIpc) is 2.76. The molecule has 1 amide bonds. The number of nitrogens with zero attached hydrogens (tertiary/aromatic N) is 1. The Hall–Kier alpha value is -1.43. The van der Waals surface area contributed by atoms with Crippen LogP contribution in [-0.4, -0.2) is 16.9 Å². The number of aliphatic carboxylic acids is 1. The second kappa shape index (κ2) is 7.01. The zero-order valence-corrected chi connectivity index (χ0v) is 10.5. The maximum absolute atomic E-state index is 11.5. The molecule has 1 heterocycles. The van der Waals surface area contributed by atoms with E-state index in [1.54, 1.807) is 11.6 Å². The molecule has 1 aromatic heterocycles. The van der Waals surface area contributed by atoms with Crippen LogP contribution in [0, 0.1) is 5.92 Å². The van der Waals surface area contributed by atoms with E-state index in [9.17, 15) is 14.7 Å². The summed E-state index contributed by atoms with van der Waals surface area (Å²) >= 11 is 1.33. The Kier molecular flexibility index (Phi) is 5.62. The molecule has 0 spiro atoms. The molecular weight excluding hydrogens is 240 g/mol. The molecule has 0 aliphatic heterocycles. The fraction of sp³-hybridized carbons (Fsp3) is 0.545. The highest BCUT2D eigenvalue weighted by Gasteiger charge is 2.12. The van der Waals surface area contributed by atoms with Crippen molar-refractivity contribution in [3.05, 3.63) is 11.6 Å². The van der Waals surface area contributed by atoms with E-state index in [1.165, 1.54) is 11.3 Å². The van der Waals surface area contributed by atoms with Gasteiger partial charge in [-0.2, -0.15) is 0 Å². The summed E-state index contributed by atoms with van der Waals surface area (Å²) in [5, 5.41) is 15.7. The number of carbonyl (C=O) groups is 2. The number of anilines is 1. The highest BCUT2D eigenvalue weighted by atomic mass is 32.1. The first-order valence-corrected chi connectivity index (χ1v) is 6.41. The number of amides is 1. The van der Waals surface area contributed by atoms with Gasteiger partial charge in [0, 0.05) is 24.0 Å². The summed E-state index contributed by atoms with van der Waals surface area (Å²) in [5.41, 5.74) is 0. The van der Waals surface area contributed by atoms with Crippen LogP contribution in [-0.2, 0) is 9.59 Å². The molecule has 0 radical (unpaired) electrons. The minimum atomic E-state index is -1.08. The molecule has 0 bridgehead atoms. The molecule has 0 aliphatic carbocycles. The molecular formula is C11H15N2O3S-. The lowest BCUT2D eigenvalue weighted by atomic mass is 9.98. The first-order valence-electron chi connectivity index (χ1n) is 5.53. The van der Waals surface area contributed by atoms with Crippen molar-refractivity contribution in [3.8, 4) is 0 Å². The summed E-state index contributed by atoms with van der Waals surface area (Å²) in [6.45, 7) is 1.91. The number of hydrogen-bond donors (Lipinski definition) is 1. The lowest BCUT2D eigenvalue weighted by Gasteiger charge is -2.16. The van der Waals surface area contributed by atoms with Gasteiger partial charge < -0.3 is 15.2 Å². The number of nitrogens with one attached hydrogen (secondary N) is 1. The predicted octanol–water partition coefficient (Wildman–Crippen LogP) is 1.03. The average molecular weight is 255 g/mol. The maximum atomic E-state index is 11.5. The Morgan fingerprint density at radius 3 is 2.82 bits per heavy atom. The second-order valence-electron chi connectivity index (χ2n) is 3.73. The molecule has 1 aromatic rings. The molecule has 94 valence electrons. The summed E-state index contributed by atoms with van der Waals surface area (Å²) in [6.07, 6.45) is 3.41. The summed E-state index contributed by atoms with van der Waals surface area (Å²) < 4.78 is 0. The minimum Gasteiger partial charge on any atom is -0.550 e. The normalized spacial score (nSPS) is 12.1. The van der Waals surface area contributed by atoms with Gasteiger partial charge in [0.05, 0.1) is 0 Å². The fourth-order valence-corrected chi connectivity index (χ4v) is 2.05. The van der Waals surface area contributed by atoms with Crippen molar-refractivity contribution in [2.75, 3.05) is 5.32 Å². The van der Waals surface area contributed by atoms with Gasteiger partial charge in [-0.05, 0) is 18.8 Å². The third kappa shape index (κ3) is 4.95. The van der Waals surface area contributed by atoms with Crippen molar-refractivity contribution >= 4 is 28.3 Å². The molecule has 5 nitrogen and oxygen atoms in total. The standard InChI is InChI=1S/C11H16N2O3S/c1-2-3-8(10(15)16)4-5-9(14)13-11-12-6-7-17-11/h6-8H,2-5H2,1H3,(H,15,16)(H,12,13,14)/p-1/t8-/m0/s1. The van der Waals surface area contributed by atoms with Crippen LogP contribution in [0.4, 0.5) is 5.13 Å². The van der Waals surface area contributed by atoms with Crippen LogP contribution < -0.4 is 10.4 Å². The van der Waals surface area contributed by atoms with Crippen molar-refractivity contribution in [2.45, 2.75) is 32.6 Å². The van der Waals surface area contributed by atoms with E-state index in [4.69, 9.17) is 0 Å². The Balaban J connectivity index is 2.33. The van der Waals surface area contributed by atoms with Gasteiger partial charge in [-0.1, -0.05) is 13.3 Å². The molecule has 0 unspecified atom stereocenters. The van der Waals surface area contributed by atoms with Gasteiger partial charge in [0.1, 0.15) is 0 Å². The third-order valence-electron chi connectivity index (χ3n) is 2.37. The number of carboxylic acids is 1. The summed E-state index contributed by atoms with van der Waals surface area (Å²) in [4.78, 5) is 26.2. The Bertz CT molecular complexity index is 365. The Morgan fingerprint density at radius 1 is 1.53 bits per heavy atom. The Morgan fingerprint density at radius 2 is 2.29 bits per heavy atom. The van der Waals surface area contributed by atoms with Gasteiger partial charge in [0.15, 0.2) is 5.13 Å². The van der Waals surface area contributed by atoms with Gasteiger partial charge in [0.25, 0.3) is 0 Å². The number of aromatic nitrogens is 1. The molecule has 1 atom stereocenters. The van der Waals surface area contributed by atoms with Gasteiger partial charge in [-0.15, -0.1) is 11.3 Å². The van der Waals surface area contributed by atoms with E-state index in [0.29, 0.717) is 18.0 Å². The summed E-state index contributed by atoms with van der Waals surface area (Å²) in [6, 6.07) is 0. The molecule has 1 N–H and O–H groups in total. The zero-order chi connectivity index (χ0) is 12.7. The SMILES string of the molecule is CCC[C@@H](CCC(=O)Nc1nccs1)C(=O)[O-]. The van der Waals surface area contributed by atoms with Crippen LogP contribution in [0.1, 0.15) is 32.6 Å². The van der Waals surface area contributed by atoms with Crippen molar-refractivity contribution in [1.82, 2.24) is 4.98 Å². The summed E-state index contributed by atoms with van der Waals surface area (Å²) in [5.74, 6) is -1.82. The zero-order valence-electron chi connectivity index (χ0n) is 9.64. The fourth-order valence-electron chi connectivity index (χ4n) is 1.50. The van der Waals surface area contributed by atoms with E-state index in [-0.39, 0.29) is 12.3 Å². The lowest BCUT2D eigenvalue weighted by molar-refractivity contribution is -0.312. The number of carbonyl (C=O) groups excluding carboxylic acids is 2. The van der Waals surface area contributed by atoms with Gasteiger partial charge >= 0.3 is 0 Å². The van der Waals surface area contributed by atoms with Crippen LogP contribution in [0.2, 0.25) is 0 Å². The van der Waals surface area contributed by atoms with Crippen LogP contribution >= 0.6 is 11.3 Å². The third-order valence-corrected chi connectivity index (χ3v) is 3.06. The highest BCUT2D eigenvalue weighted by molar-refractivity contribution is 7.13. The summed E-state index contributed by atoms with van der Waals surface area (Å²) in [7, 11) is 0. The smallest absolute Gasteiger partial charge is 0.226 e. The van der Waals surface area contributed by atoms with E-state index < -0.39 is 11.9 Å². The predicted molar refractivity (Wildman–Crippen MR) is 63.4 cm³/mol. The number of hydrogen-bond acceptors (Lipinski definition) is 5. The molecule has 6 heteroatoms. The van der Waals surface area contributed by atoms with E-state index in [2.05, 4.69) is 10.3 Å². The molecule has 0 aliphatic rings. The van der Waals surface area contributed by atoms with Crippen LogP contribution in [0.25, 0.3) is 0 Å². The van der Waals surface area contributed by atoms with Crippen molar-refractivity contribution in [1.29, 1.82) is 0 Å². The number of rotatable bonds is 7. The van der Waals surface area contributed by atoms with Crippen LogP contribution in [0.15, 0.2) is 11.6 Å². The molecule has 0 aromatic carbocycles. The monoisotopic (exact) mass is 255 g/mol. The van der Waals surface area contributed by atoms with E-state index in [0.717, 1.165) is 6.42 Å². The molecule has 0 saturated heterocycles. The van der Waals surface area contributed by atoms with E-state index in [1.807, 2.05) is 6.92 Å². The number of thiazole rings is 1. The lowest BCUT2D eigenvalue weighted by Crippen LogP contribution is -2.32. The van der Waals surface area contributed by atoms with Gasteiger partial charge in [-0.3, -0.25) is 4.79 Å². The minimum absolute atomic E-state index is 0.179. The Labute approximate surface area is 104 Å². The van der Waals surface area contributed by atoms with Crippen molar-refractivity contribution < 1.29 is 14.7 Å². The molecule has 0 fully saturated rings. The molecule has 1 rings (SSSR count). The topological polar surface area (TPSA) is 82.1 Å². The molecule has 0 saturated carbocycles.